The summed E-state index contributed by atoms with van der Waals surface area (Å²) in [5.41, 5.74) is 5.10. The van der Waals surface area contributed by atoms with E-state index in [0.717, 1.165) is 57.3 Å². The van der Waals surface area contributed by atoms with Crippen LogP contribution in [0.25, 0.3) is 0 Å². The highest BCUT2D eigenvalue weighted by molar-refractivity contribution is 5.77. The molecule has 2 aliphatic heterocycles. The third kappa shape index (κ3) is 4.30. The predicted molar refractivity (Wildman–Crippen MR) is 108 cm³/mol. The number of fused-ring (bicyclic) bond motifs is 1. The van der Waals surface area contributed by atoms with Crippen LogP contribution in [0.3, 0.4) is 0 Å². The van der Waals surface area contributed by atoms with Crippen molar-refractivity contribution in [2.45, 2.75) is 26.8 Å². The molecule has 2 heterocycles. The summed E-state index contributed by atoms with van der Waals surface area (Å²) in [7, 11) is 0. The molecule has 5 nitrogen and oxygen atoms in total. The van der Waals surface area contributed by atoms with Gasteiger partial charge in [-0.25, -0.2) is 0 Å². The average molecular weight is 381 g/mol. The quantitative estimate of drug-likeness (QED) is 0.855. The van der Waals surface area contributed by atoms with Gasteiger partial charge in [-0.3, -0.25) is 4.79 Å². The van der Waals surface area contributed by atoms with E-state index in [1.807, 2.05) is 23.1 Å². The Kier molecular flexibility index (Phi) is 5.53. The third-order valence-corrected chi connectivity index (χ3v) is 5.87. The summed E-state index contributed by atoms with van der Waals surface area (Å²) >= 11 is 0. The molecule has 0 saturated carbocycles. The minimum atomic E-state index is 0.0759. The number of benzene rings is 2. The van der Waals surface area contributed by atoms with Crippen LogP contribution < -0.4 is 14.4 Å². The maximum atomic E-state index is 12.5. The predicted octanol–water partition coefficient (Wildman–Crippen LogP) is 1.54. The molecule has 2 aliphatic rings. The van der Waals surface area contributed by atoms with Crippen LogP contribution >= 0.6 is 0 Å². The van der Waals surface area contributed by atoms with E-state index in [2.05, 4.69) is 32.0 Å². The van der Waals surface area contributed by atoms with Crippen LogP contribution in [0.15, 0.2) is 36.4 Å². The van der Waals surface area contributed by atoms with Crippen molar-refractivity contribution < 1.29 is 19.2 Å². The van der Waals surface area contributed by atoms with E-state index >= 15 is 0 Å². The number of nitrogens with one attached hydrogen (secondary N) is 1. The summed E-state index contributed by atoms with van der Waals surface area (Å²) in [6.07, 6.45) is 1.02. The van der Waals surface area contributed by atoms with Gasteiger partial charge in [0.2, 0.25) is 0 Å². The van der Waals surface area contributed by atoms with Gasteiger partial charge in [-0.15, -0.1) is 0 Å². The molecule has 0 atom stereocenters. The number of amides is 1. The zero-order valence-electron chi connectivity index (χ0n) is 16.8. The van der Waals surface area contributed by atoms with Gasteiger partial charge in [-0.1, -0.05) is 6.07 Å². The van der Waals surface area contributed by atoms with Gasteiger partial charge in [-0.2, -0.15) is 0 Å². The van der Waals surface area contributed by atoms with Gasteiger partial charge >= 0.3 is 0 Å². The molecular weight excluding hydrogens is 352 g/mol. The number of hydrogen-bond donors (Lipinski definition) is 1. The van der Waals surface area contributed by atoms with Gasteiger partial charge in [0.05, 0.1) is 32.8 Å². The molecular formula is C23H29N2O3+. The molecule has 0 radical (unpaired) electrons. The smallest absolute Gasteiger partial charge is 0.260 e. The van der Waals surface area contributed by atoms with Crippen LogP contribution in [0.4, 0.5) is 0 Å². The van der Waals surface area contributed by atoms with Crippen LogP contribution in [-0.4, -0.2) is 50.2 Å². The van der Waals surface area contributed by atoms with E-state index in [1.54, 1.807) is 0 Å². The lowest BCUT2D eigenvalue weighted by atomic mass is 10.1. The Hall–Kier alpha value is -2.53. The topological polar surface area (TPSA) is 43.2 Å². The van der Waals surface area contributed by atoms with Gasteiger partial charge in [0.25, 0.3) is 5.91 Å². The number of ether oxygens (including phenoxy) is 2. The highest BCUT2D eigenvalue weighted by atomic mass is 16.5. The van der Waals surface area contributed by atoms with Crippen molar-refractivity contribution in [1.29, 1.82) is 0 Å². The van der Waals surface area contributed by atoms with Gasteiger partial charge < -0.3 is 19.3 Å². The first-order valence-electron chi connectivity index (χ1n) is 10.1. The van der Waals surface area contributed by atoms with Crippen LogP contribution in [-0.2, 0) is 17.8 Å². The summed E-state index contributed by atoms with van der Waals surface area (Å²) in [4.78, 5) is 16.0. The fourth-order valence-corrected chi connectivity index (χ4v) is 3.93. The van der Waals surface area contributed by atoms with Crippen LogP contribution in [0.1, 0.15) is 22.3 Å². The zero-order valence-corrected chi connectivity index (χ0v) is 16.8. The Balaban J connectivity index is 1.24. The Morgan fingerprint density at radius 2 is 1.93 bits per heavy atom. The number of nitrogens with zero attached hydrogens (tertiary/aromatic N) is 1. The Morgan fingerprint density at radius 1 is 1.11 bits per heavy atom. The normalized spacial score (nSPS) is 16.6. The third-order valence-electron chi connectivity index (χ3n) is 5.87. The van der Waals surface area contributed by atoms with Crippen LogP contribution in [0.5, 0.6) is 11.5 Å². The number of rotatable bonds is 5. The average Bonchev–Trinajstić information content (AvgIpc) is 3.17. The largest absolute Gasteiger partial charge is 0.493 e. The monoisotopic (exact) mass is 381 g/mol. The second-order valence-corrected chi connectivity index (χ2v) is 7.88. The maximum absolute atomic E-state index is 12.5. The number of carbonyl (C=O) groups is 1. The number of piperazine rings is 1. The van der Waals surface area contributed by atoms with E-state index < -0.39 is 0 Å². The van der Waals surface area contributed by atoms with E-state index in [-0.39, 0.29) is 12.5 Å². The molecule has 1 saturated heterocycles. The van der Waals surface area contributed by atoms with Gasteiger partial charge in [-0.05, 0) is 60.9 Å². The van der Waals surface area contributed by atoms with Gasteiger partial charge in [0.15, 0.2) is 6.61 Å². The molecule has 5 heteroatoms. The molecule has 4 rings (SSSR count). The lowest BCUT2D eigenvalue weighted by molar-refractivity contribution is -0.917. The highest BCUT2D eigenvalue weighted by Crippen LogP contribution is 2.25. The SMILES string of the molecule is Cc1ccc(OCC(=O)N2CC[NH+](Cc3ccc4c(c3)CCO4)CC2)cc1C. The van der Waals surface area contributed by atoms with Crippen molar-refractivity contribution in [3.8, 4) is 11.5 Å². The van der Waals surface area contributed by atoms with E-state index in [9.17, 15) is 4.79 Å². The van der Waals surface area contributed by atoms with E-state index in [4.69, 9.17) is 9.47 Å². The van der Waals surface area contributed by atoms with Crippen molar-refractivity contribution in [1.82, 2.24) is 4.90 Å². The summed E-state index contributed by atoms with van der Waals surface area (Å²) in [6.45, 7) is 9.58. The second kappa shape index (κ2) is 8.23. The summed E-state index contributed by atoms with van der Waals surface area (Å²) in [5.74, 6) is 1.88. The fourth-order valence-electron chi connectivity index (χ4n) is 3.93. The van der Waals surface area contributed by atoms with Crippen molar-refractivity contribution in [3.63, 3.8) is 0 Å². The first-order valence-corrected chi connectivity index (χ1v) is 10.1. The summed E-state index contributed by atoms with van der Waals surface area (Å²) < 4.78 is 11.3. The molecule has 2 aromatic carbocycles. The van der Waals surface area contributed by atoms with E-state index in [1.165, 1.54) is 27.2 Å². The second-order valence-electron chi connectivity index (χ2n) is 7.88. The molecule has 0 aromatic heterocycles. The minimum absolute atomic E-state index is 0.0759. The molecule has 0 unspecified atom stereocenters. The standard InChI is InChI=1S/C23H28N2O3/c1-17-3-5-21(13-18(17)2)28-16-23(26)25-10-8-24(9-11-25)15-19-4-6-22-20(14-19)7-12-27-22/h3-6,13-14H,7-12,15-16H2,1-2H3/p+1. The molecule has 1 amide bonds. The number of quaternary nitrogens is 1. The molecule has 2 aromatic rings. The summed E-state index contributed by atoms with van der Waals surface area (Å²) in [5, 5.41) is 0. The Bertz CT molecular complexity index is 857. The Morgan fingerprint density at radius 3 is 2.71 bits per heavy atom. The molecule has 0 bridgehead atoms. The first kappa shape index (κ1) is 18.8. The molecule has 28 heavy (non-hydrogen) atoms. The van der Waals surface area contributed by atoms with E-state index in [0.29, 0.717) is 0 Å². The fraction of sp³-hybridized carbons (Fsp3) is 0.435. The zero-order chi connectivity index (χ0) is 19.5. The highest BCUT2D eigenvalue weighted by Gasteiger charge is 2.24. The minimum Gasteiger partial charge on any atom is -0.493 e. The number of hydrogen-bond acceptors (Lipinski definition) is 3. The van der Waals surface area contributed by atoms with Crippen molar-refractivity contribution in [3.05, 3.63) is 58.7 Å². The molecule has 1 N–H and O–H groups in total. The number of carbonyl (C=O) groups excluding carboxylic acids is 1. The summed E-state index contributed by atoms with van der Waals surface area (Å²) in [6, 6.07) is 12.5. The van der Waals surface area contributed by atoms with Gasteiger partial charge in [0.1, 0.15) is 18.0 Å². The molecule has 0 aliphatic carbocycles. The van der Waals surface area contributed by atoms with Crippen LogP contribution in [0, 0.1) is 13.8 Å². The van der Waals surface area contributed by atoms with Crippen LogP contribution in [0.2, 0.25) is 0 Å². The van der Waals surface area contributed by atoms with Gasteiger partial charge in [0, 0.05) is 12.0 Å². The molecule has 0 spiro atoms. The number of aryl methyl sites for hydroxylation is 2. The van der Waals surface area contributed by atoms with Crippen molar-refractivity contribution in [2.75, 3.05) is 39.4 Å². The Labute approximate surface area is 166 Å². The molecule has 148 valence electrons. The molecule has 1 fully saturated rings. The van der Waals surface area contributed by atoms with Crippen molar-refractivity contribution >= 4 is 5.91 Å². The lowest BCUT2D eigenvalue weighted by Gasteiger charge is -2.32. The maximum Gasteiger partial charge on any atom is 0.260 e. The van der Waals surface area contributed by atoms with Crippen molar-refractivity contribution in [2.24, 2.45) is 0 Å². The lowest BCUT2D eigenvalue weighted by Crippen LogP contribution is -3.13. The first-order chi connectivity index (χ1) is 13.6.